The number of fused-ring (bicyclic) bond motifs is 3. The molecule has 0 saturated carbocycles. The highest BCUT2D eigenvalue weighted by Crippen LogP contribution is 2.28. The van der Waals surface area contributed by atoms with E-state index in [0.29, 0.717) is 11.3 Å². The summed E-state index contributed by atoms with van der Waals surface area (Å²) >= 11 is 4.44. The number of aryl methyl sites for hydroxylation is 2. The number of aromatic hydroxyl groups is 2. The molecule has 3 nitrogen and oxygen atoms in total. The van der Waals surface area contributed by atoms with E-state index in [-0.39, 0.29) is 5.75 Å². The number of pyridine rings is 1. The Labute approximate surface area is 201 Å². The summed E-state index contributed by atoms with van der Waals surface area (Å²) in [6.07, 6.45) is 11.5. The van der Waals surface area contributed by atoms with Gasteiger partial charge in [0.15, 0.2) is 0 Å². The van der Waals surface area contributed by atoms with E-state index in [4.69, 9.17) is 0 Å². The second-order valence-electron chi connectivity index (χ2n) is 8.60. The molecule has 2 aliphatic rings. The lowest BCUT2D eigenvalue weighted by atomic mass is 9.91. The zero-order chi connectivity index (χ0) is 23.0. The van der Waals surface area contributed by atoms with Crippen molar-refractivity contribution in [1.82, 2.24) is 4.98 Å². The molecule has 4 aromatic rings. The number of phenols is 2. The maximum Gasteiger partial charge on any atom is 0.141 e. The van der Waals surface area contributed by atoms with Crippen LogP contribution in [0.1, 0.15) is 47.9 Å². The zero-order valence-electron chi connectivity index (χ0n) is 18.9. The molecule has 0 amide bonds. The van der Waals surface area contributed by atoms with Gasteiger partial charge in [-0.15, -0.1) is 12.6 Å². The van der Waals surface area contributed by atoms with Crippen molar-refractivity contribution >= 4 is 23.5 Å². The Morgan fingerprint density at radius 2 is 1.18 bits per heavy atom. The molecule has 0 saturated heterocycles. The van der Waals surface area contributed by atoms with E-state index in [1.807, 2.05) is 24.3 Å². The van der Waals surface area contributed by atoms with Crippen LogP contribution < -0.4 is 0 Å². The van der Waals surface area contributed by atoms with Crippen molar-refractivity contribution in [1.29, 1.82) is 0 Å². The fourth-order valence-electron chi connectivity index (χ4n) is 4.61. The normalized spacial score (nSPS) is 14.1. The van der Waals surface area contributed by atoms with Crippen molar-refractivity contribution in [2.75, 3.05) is 0 Å². The Morgan fingerprint density at radius 1 is 0.606 bits per heavy atom. The molecule has 0 atom stereocenters. The Hall–Kier alpha value is -2.98. The van der Waals surface area contributed by atoms with E-state index in [1.165, 1.54) is 65.7 Å². The van der Waals surface area contributed by atoms with Crippen LogP contribution in [0.4, 0.5) is 0 Å². The van der Waals surface area contributed by atoms with Crippen molar-refractivity contribution in [3.63, 3.8) is 0 Å². The van der Waals surface area contributed by atoms with Crippen LogP contribution in [0.25, 0.3) is 10.9 Å². The summed E-state index contributed by atoms with van der Waals surface area (Å²) in [7, 11) is 0. The van der Waals surface area contributed by atoms with Gasteiger partial charge in [0.25, 0.3) is 0 Å². The van der Waals surface area contributed by atoms with Crippen LogP contribution in [0.15, 0.2) is 77.8 Å². The van der Waals surface area contributed by atoms with E-state index >= 15 is 0 Å². The van der Waals surface area contributed by atoms with Crippen molar-refractivity contribution in [3.05, 3.63) is 95.2 Å². The van der Waals surface area contributed by atoms with Gasteiger partial charge in [0.2, 0.25) is 0 Å². The number of nitrogens with zero attached hydrogens (tertiary/aromatic N) is 1. The Balaban J connectivity index is 0.000000118. The molecule has 0 fully saturated rings. The number of para-hydroxylation sites is 1. The Bertz CT molecular complexity index is 1160. The first-order valence-electron chi connectivity index (χ1n) is 11.8. The lowest BCUT2D eigenvalue weighted by Gasteiger charge is -2.16. The maximum atomic E-state index is 9.46. The van der Waals surface area contributed by atoms with E-state index in [9.17, 15) is 10.2 Å². The highest BCUT2D eigenvalue weighted by Gasteiger charge is 2.11. The molecule has 2 N–H and O–H groups in total. The Morgan fingerprint density at radius 3 is 1.88 bits per heavy atom. The second-order valence-corrected chi connectivity index (χ2v) is 9.08. The molecule has 2 aliphatic carbocycles. The predicted molar refractivity (Wildman–Crippen MR) is 138 cm³/mol. The monoisotopic (exact) mass is 457 g/mol. The molecule has 0 aliphatic heterocycles. The summed E-state index contributed by atoms with van der Waals surface area (Å²) in [5.74, 6) is 0.727. The zero-order valence-corrected chi connectivity index (χ0v) is 19.8. The largest absolute Gasteiger partial charge is 0.508 e. The number of hydrogen-bond donors (Lipinski definition) is 3. The highest BCUT2D eigenvalue weighted by atomic mass is 32.1. The molecule has 3 aromatic carbocycles. The number of rotatable bonds is 0. The molecule has 0 spiro atoms. The quantitative estimate of drug-likeness (QED) is 0.248. The SMILES string of the molecule is Oc1cccc2c1CCCC2.Oc1cccc2cccnc12.Sc1cccc2c1CCCC2. The third-order valence-electron chi connectivity index (χ3n) is 6.35. The van der Waals surface area contributed by atoms with Gasteiger partial charge in [0.05, 0.1) is 0 Å². The van der Waals surface area contributed by atoms with Gasteiger partial charge in [0.1, 0.15) is 17.0 Å². The van der Waals surface area contributed by atoms with Crippen molar-refractivity contribution in [3.8, 4) is 11.5 Å². The third kappa shape index (κ3) is 5.88. The summed E-state index contributed by atoms with van der Waals surface area (Å²) in [5, 5.41) is 19.7. The van der Waals surface area contributed by atoms with Gasteiger partial charge in [-0.3, -0.25) is 4.98 Å². The van der Waals surface area contributed by atoms with Crippen molar-refractivity contribution in [2.45, 2.75) is 56.3 Å². The average Bonchev–Trinajstić information content (AvgIpc) is 2.86. The molecular formula is C29H31NO2S. The summed E-state index contributed by atoms with van der Waals surface area (Å²) in [6.45, 7) is 0. The van der Waals surface area contributed by atoms with E-state index in [0.717, 1.165) is 18.2 Å². The van der Waals surface area contributed by atoms with Crippen LogP contribution in [-0.2, 0) is 25.7 Å². The minimum atomic E-state index is 0.239. The van der Waals surface area contributed by atoms with E-state index in [2.05, 4.69) is 41.9 Å². The fourth-order valence-corrected chi connectivity index (χ4v) is 4.95. The lowest BCUT2D eigenvalue weighted by molar-refractivity contribution is 0.462. The molecule has 6 rings (SSSR count). The first-order chi connectivity index (χ1) is 16.1. The predicted octanol–water partition coefficient (Wildman–Crippen LogP) is 7.07. The molecule has 0 radical (unpaired) electrons. The molecule has 1 heterocycles. The van der Waals surface area contributed by atoms with Gasteiger partial charge >= 0.3 is 0 Å². The first kappa shape index (κ1) is 23.2. The third-order valence-corrected chi connectivity index (χ3v) is 6.77. The van der Waals surface area contributed by atoms with Crippen LogP contribution >= 0.6 is 12.6 Å². The van der Waals surface area contributed by atoms with Crippen LogP contribution in [0.3, 0.4) is 0 Å². The maximum absolute atomic E-state index is 9.46. The van der Waals surface area contributed by atoms with Gasteiger partial charge in [-0.1, -0.05) is 42.5 Å². The molecule has 1 aromatic heterocycles. The van der Waals surface area contributed by atoms with Gasteiger partial charge in [-0.25, -0.2) is 0 Å². The second kappa shape index (κ2) is 11.2. The standard InChI is InChI=1S/C10H12O.C10H12S.C9H7NO/c2*11-10-7-3-5-8-4-1-2-6-9(8)10;11-8-5-1-3-7-4-2-6-10-9(7)8/h2*3,5,7,11H,1-2,4,6H2;1-6,11H. The van der Waals surface area contributed by atoms with Gasteiger partial charge < -0.3 is 10.2 Å². The number of hydrogen-bond acceptors (Lipinski definition) is 4. The Kier molecular flexibility index (Phi) is 7.90. The average molecular weight is 458 g/mol. The van der Waals surface area contributed by atoms with Gasteiger partial charge in [-0.05, 0) is 97.9 Å². The van der Waals surface area contributed by atoms with E-state index < -0.39 is 0 Å². The topological polar surface area (TPSA) is 53.4 Å². The number of aromatic nitrogens is 1. The molecule has 0 bridgehead atoms. The number of thiol groups is 1. The molecule has 0 unspecified atom stereocenters. The van der Waals surface area contributed by atoms with Crippen LogP contribution in [0.2, 0.25) is 0 Å². The summed E-state index contributed by atoms with van der Waals surface area (Å²) in [6, 6.07) is 21.4. The molecular weight excluding hydrogens is 426 g/mol. The van der Waals surface area contributed by atoms with E-state index in [1.54, 1.807) is 24.4 Å². The fraction of sp³-hybridized carbons (Fsp3) is 0.276. The molecule has 170 valence electrons. The minimum Gasteiger partial charge on any atom is -0.508 e. The first-order valence-corrected chi connectivity index (χ1v) is 12.2. The lowest BCUT2D eigenvalue weighted by Crippen LogP contribution is -2.02. The summed E-state index contributed by atoms with van der Waals surface area (Å²) < 4.78 is 0. The van der Waals surface area contributed by atoms with Crippen molar-refractivity contribution < 1.29 is 10.2 Å². The van der Waals surface area contributed by atoms with Crippen LogP contribution in [0, 0.1) is 0 Å². The van der Waals surface area contributed by atoms with Gasteiger partial charge in [-0.2, -0.15) is 0 Å². The van der Waals surface area contributed by atoms with Crippen LogP contribution in [0.5, 0.6) is 11.5 Å². The summed E-state index contributed by atoms with van der Waals surface area (Å²) in [4.78, 5) is 5.21. The minimum absolute atomic E-state index is 0.239. The number of benzene rings is 3. The number of phenolic OH excluding ortho intramolecular Hbond substituents is 2. The van der Waals surface area contributed by atoms with Crippen LogP contribution in [-0.4, -0.2) is 15.2 Å². The molecule has 4 heteroatoms. The summed E-state index contributed by atoms with van der Waals surface area (Å²) in [5.41, 5.74) is 6.19. The van der Waals surface area contributed by atoms with Crippen molar-refractivity contribution in [2.24, 2.45) is 0 Å². The van der Waals surface area contributed by atoms with Gasteiger partial charge in [0, 0.05) is 16.5 Å². The highest BCUT2D eigenvalue weighted by molar-refractivity contribution is 7.80. The molecule has 33 heavy (non-hydrogen) atoms. The smallest absolute Gasteiger partial charge is 0.141 e.